The van der Waals surface area contributed by atoms with Crippen LogP contribution >= 0.6 is 0 Å². The van der Waals surface area contributed by atoms with Crippen molar-refractivity contribution in [3.63, 3.8) is 0 Å². The van der Waals surface area contributed by atoms with Crippen molar-refractivity contribution in [2.24, 2.45) is 0 Å². The highest BCUT2D eigenvalue weighted by molar-refractivity contribution is 5.96. The van der Waals surface area contributed by atoms with Gasteiger partial charge in [0.15, 0.2) is 0 Å². The topological polar surface area (TPSA) is 70.7 Å². The molecule has 0 spiro atoms. The highest BCUT2D eigenvalue weighted by Crippen LogP contribution is 2.33. The van der Waals surface area contributed by atoms with E-state index in [1.165, 1.54) is 0 Å². The third-order valence-corrected chi connectivity index (χ3v) is 4.35. The van der Waals surface area contributed by atoms with Gasteiger partial charge in [0.05, 0.1) is 12.8 Å². The van der Waals surface area contributed by atoms with Gasteiger partial charge in [0.2, 0.25) is 5.91 Å². The lowest BCUT2D eigenvalue weighted by atomic mass is 10.1. The van der Waals surface area contributed by atoms with E-state index in [0.29, 0.717) is 30.9 Å². The summed E-state index contributed by atoms with van der Waals surface area (Å²) in [5, 5.41) is 5.61. The lowest BCUT2D eigenvalue weighted by Crippen LogP contribution is -2.35. The zero-order chi connectivity index (χ0) is 18.4. The van der Waals surface area contributed by atoms with Gasteiger partial charge in [-0.1, -0.05) is 30.3 Å². The van der Waals surface area contributed by atoms with Crippen molar-refractivity contribution in [2.45, 2.75) is 25.8 Å². The van der Waals surface area contributed by atoms with Crippen molar-refractivity contribution < 1.29 is 14.3 Å². The van der Waals surface area contributed by atoms with Crippen molar-refractivity contribution in [1.29, 1.82) is 0 Å². The number of urea groups is 1. The largest absolute Gasteiger partial charge is 0.494 e. The summed E-state index contributed by atoms with van der Waals surface area (Å²) in [6, 6.07) is 14.7. The zero-order valence-electron chi connectivity index (χ0n) is 14.8. The fourth-order valence-corrected chi connectivity index (χ4v) is 2.99. The van der Waals surface area contributed by atoms with Gasteiger partial charge in [-0.25, -0.2) is 4.79 Å². The zero-order valence-corrected chi connectivity index (χ0v) is 14.8. The fraction of sp³-hybridized carbons (Fsp3) is 0.300. The van der Waals surface area contributed by atoms with Gasteiger partial charge in [-0.15, -0.1) is 0 Å². The Labute approximate surface area is 153 Å². The molecule has 2 N–H and O–H groups in total. The number of anilines is 2. The highest BCUT2D eigenvalue weighted by Gasteiger charge is 2.22. The molecule has 1 aliphatic heterocycles. The van der Waals surface area contributed by atoms with Gasteiger partial charge < -0.3 is 20.3 Å². The van der Waals surface area contributed by atoms with E-state index in [0.717, 1.165) is 24.1 Å². The Morgan fingerprint density at radius 2 is 1.96 bits per heavy atom. The number of ether oxygens (including phenoxy) is 1. The SMILES string of the molecule is COc1cc(NC(=O)NCc2ccccc2)ccc1N1CCCCC1=O. The third kappa shape index (κ3) is 4.33. The molecule has 1 fully saturated rings. The van der Waals surface area contributed by atoms with Crippen LogP contribution in [0.15, 0.2) is 48.5 Å². The van der Waals surface area contributed by atoms with Crippen molar-refractivity contribution in [3.05, 3.63) is 54.1 Å². The first-order chi connectivity index (χ1) is 12.7. The van der Waals surface area contributed by atoms with E-state index in [1.807, 2.05) is 36.4 Å². The van der Waals surface area contributed by atoms with E-state index in [2.05, 4.69) is 10.6 Å². The molecule has 0 atom stereocenters. The molecule has 1 heterocycles. The number of hydrogen-bond donors (Lipinski definition) is 2. The molecule has 0 aromatic heterocycles. The summed E-state index contributed by atoms with van der Waals surface area (Å²) < 4.78 is 5.43. The molecule has 0 bridgehead atoms. The first-order valence-electron chi connectivity index (χ1n) is 8.74. The summed E-state index contributed by atoms with van der Waals surface area (Å²) in [4.78, 5) is 26.0. The van der Waals surface area contributed by atoms with Crippen molar-refractivity contribution >= 4 is 23.3 Å². The number of nitrogens with zero attached hydrogens (tertiary/aromatic N) is 1. The van der Waals surface area contributed by atoms with Crippen LogP contribution in [0, 0.1) is 0 Å². The molecule has 26 heavy (non-hydrogen) atoms. The van der Waals surface area contributed by atoms with Crippen molar-refractivity contribution in [3.8, 4) is 5.75 Å². The summed E-state index contributed by atoms with van der Waals surface area (Å²) in [5.74, 6) is 0.678. The van der Waals surface area contributed by atoms with Crippen LogP contribution in [0.2, 0.25) is 0 Å². The van der Waals surface area contributed by atoms with E-state index in [-0.39, 0.29) is 11.9 Å². The predicted octanol–water partition coefficient (Wildman–Crippen LogP) is 3.53. The van der Waals surface area contributed by atoms with Crippen LogP contribution in [0.1, 0.15) is 24.8 Å². The molecule has 2 aromatic rings. The standard InChI is InChI=1S/C20H23N3O3/c1-26-18-13-16(10-11-17(18)23-12-6-5-9-19(23)24)22-20(25)21-14-15-7-3-2-4-8-15/h2-4,7-8,10-11,13H,5-6,9,12,14H2,1H3,(H2,21,22,25). The molecule has 136 valence electrons. The molecule has 0 aliphatic carbocycles. The van der Waals surface area contributed by atoms with E-state index in [4.69, 9.17) is 4.74 Å². The van der Waals surface area contributed by atoms with E-state index in [1.54, 1.807) is 24.1 Å². The van der Waals surface area contributed by atoms with Gasteiger partial charge in [-0.3, -0.25) is 4.79 Å². The first-order valence-corrected chi connectivity index (χ1v) is 8.74. The second kappa shape index (κ2) is 8.38. The minimum Gasteiger partial charge on any atom is -0.494 e. The Morgan fingerprint density at radius 3 is 2.69 bits per heavy atom. The molecule has 2 aromatic carbocycles. The van der Waals surface area contributed by atoms with E-state index < -0.39 is 0 Å². The van der Waals surface area contributed by atoms with Gasteiger partial charge in [0.25, 0.3) is 0 Å². The molecule has 1 saturated heterocycles. The fourth-order valence-electron chi connectivity index (χ4n) is 2.99. The summed E-state index contributed by atoms with van der Waals surface area (Å²) >= 11 is 0. The Balaban J connectivity index is 1.65. The number of carbonyl (C=O) groups excluding carboxylic acids is 2. The molecule has 6 nitrogen and oxygen atoms in total. The molecule has 0 unspecified atom stereocenters. The maximum Gasteiger partial charge on any atom is 0.319 e. The van der Waals surface area contributed by atoms with Gasteiger partial charge >= 0.3 is 6.03 Å². The molecule has 3 rings (SSSR count). The molecule has 1 aliphatic rings. The Bertz CT molecular complexity index is 777. The van der Waals surface area contributed by atoms with E-state index >= 15 is 0 Å². The van der Waals surface area contributed by atoms with Crippen LogP contribution in [0.3, 0.4) is 0 Å². The van der Waals surface area contributed by atoms with Crippen LogP contribution in [0.4, 0.5) is 16.2 Å². The van der Waals surface area contributed by atoms with Crippen LogP contribution < -0.4 is 20.3 Å². The average molecular weight is 353 g/mol. The quantitative estimate of drug-likeness (QED) is 0.864. The highest BCUT2D eigenvalue weighted by atomic mass is 16.5. The minimum atomic E-state index is -0.294. The second-order valence-electron chi connectivity index (χ2n) is 6.18. The van der Waals surface area contributed by atoms with Crippen LogP contribution in [0.25, 0.3) is 0 Å². The van der Waals surface area contributed by atoms with Crippen molar-refractivity contribution in [1.82, 2.24) is 5.32 Å². The maximum atomic E-state index is 12.1. The van der Waals surface area contributed by atoms with E-state index in [9.17, 15) is 9.59 Å². The lowest BCUT2D eigenvalue weighted by molar-refractivity contribution is -0.119. The number of nitrogens with one attached hydrogen (secondary N) is 2. The predicted molar refractivity (Wildman–Crippen MR) is 101 cm³/mol. The smallest absolute Gasteiger partial charge is 0.319 e. The summed E-state index contributed by atoms with van der Waals surface area (Å²) in [6.07, 6.45) is 2.47. The normalized spacial score (nSPS) is 14.0. The average Bonchev–Trinajstić information content (AvgIpc) is 2.68. The van der Waals surface area contributed by atoms with Gasteiger partial charge in [0, 0.05) is 31.3 Å². The summed E-state index contributed by atoms with van der Waals surface area (Å²) in [5.41, 5.74) is 2.38. The first kappa shape index (κ1) is 17.8. The van der Waals surface area contributed by atoms with Gasteiger partial charge in [-0.2, -0.15) is 0 Å². The Kier molecular flexibility index (Phi) is 5.73. The number of amides is 3. The van der Waals surface area contributed by atoms with Crippen LogP contribution in [0.5, 0.6) is 5.75 Å². The molecule has 0 radical (unpaired) electrons. The molecule has 0 saturated carbocycles. The monoisotopic (exact) mass is 353 g/mol. The Morgan fingerprint density at radius 1 is 1.15 bits per heavy atom. The molecule has 6 heteroatoms. The van der Waals surface area contributed by atoms with Gasteiger partial charge in [0.1, 0.15) is 5.75 Å². The number of benzene rings is 2. The Hall–Kier alpha value is -3.02. The number of methoxy groups -OCH3 is 1. The number of carbonyl (C=O) groups is 2. The maximum absolute atomic E-state index is 12.1. The van der Waals surface area contributed by atoms with Crippen molar-refractivity contribution in [2.75, 3.05) is 23.9 Å². The molecule has 3 amide bonds. The molecular weight excluding hydrogens is 330 g/mol. The summed E-state index contributed by atoms with van der Waals surface area (Å²) in [6.45, 7) is 1.14. The van der Waals surface area contributed by atoms with Crippen LogP contribution in [-0.4, -0.2) is 25.6 Å². The van der Waals surface area contributed by atoms with Crippen LogP contribution in [-0.2, 0) is 11.3 Å². The number of rotatable bonds is 5. The summed E-state index contributed by atoms with van der Waals surface area (Å²) in [7, 11) is 1.56. The lowest BCUT2D eigenvalue weighted by Gasteiger charge is -2.28. The number of hydrogen-bond acceptors (Lipinski definition) is 3. The minimum absolute atomic E-state index is 0.107. The van der Waals surface area contributed by atoms with Gasteiger partial charge in [-0.05, 0) is 30.5 Å². The molecular formula is C20H23N3O3. The third-order valence-electron chi connectivity index (χ3n) is 4.35. The number of piperidine rings is 1. The second-order valence-corrected chi connectivity index (χ2v) is 6.18.